The Morgan fingerprint density at radius 3 is 2.55 bits per heavy atom. The van der Waals surface area contributed by atoms with Gasteiger partial charge in [0.2, 0.25) is 0 Å². The Morgan fingerprint density at radius 2 is 2.05 bits per heavy atom. The topological polar surface area (TPSA) is 44.4 Å². The molecule has 0 unspecified atom stereocenters. The highest BCUT2D eigenvalue weighted by molar-refractivity contribution is 7.80. The summed E-state index contributed by atoms with van der Waals surface area (Å²) in [6.07, 6.45) is -4.84. The number of anilines is 1. The zero-order chi connectivity index (χ0) is 16.7. The van der Waals surface area contributed by atoms with Crippen LogP contribution in [0.3, 0.4) is 0 Å². The van der Waals surface area contributed by atoms with Gasteiger partial charge in [-0.1, -0.05) is 6.07 Å². The van der Waals surface area contributed by atoms with Gasteiger partial charge in [-0.15, -0.1) is 0 Å². The molecule has 2 rings (SSSR count). The molecule has 1 aliphatic rings. The van der Waals surface area contributed by atoms with Crippen molar-refractivity contribution in [2.75, 3.05) is 11.9 Å². The fraction of sp³-hybridized carbons (Fsp3) is 0.385. The molecule has 0 aliphatic carbocycles. The van der Waals surface area contributed by atoms with Gasteiger partial charge >= 0.3 is 12.2 Å². The Bertz CT molecular complexity index is 630. The lowest BCUT2D eigenvalue weighted by Crippen LogP contribution is -2.37. The summed E-state index contributed by atoms with van der Waals surface area (Å²) in [6.45, 7) is 3.83. The number of carbonyl (C=O) groups is 1. The lowest BCUT2D eigenvalue weighted by Gasteiger charge is -2.18. The van der Waals surface area contributed by atoms with E-state index >= 15 is 0 Å². The van der Waals surface area contributed by atoms with E-state index in [0.29, 0.717) is 6.07 Å². The van der Waals surface area contributed by atoms with Gasteiger partial charge in [-0.25, -0.2) is 9.18 Å². The molecule has 1 saturated heterocycles. The first kappa shape index (κ1) is 16.5. The molecule has 4 nitrogen and oxygen atoms in total. The van der Waals surface area contributed by atoms with Gasteiger partial charge < -0.3 is 10.6 Å². The van der Waals surface area contributed by atoms with Crippen molar-refractivity contribution in [1.29, 1.82) is 0 Å². The van der Waals surface area contributed by atoms with E-state index in [0.717, 1.165) is 17.0 Å². The summed E-state index contributed by atoms with van der Waals surface area (Å²) in [6, 6.07) is 1.89. The number of halogens is 4. The van der Waals surface area contributed by atoms with Crippen molar-refractivity contribution in [3.63, 3.8) is 0 Å². The summed E-state index contributed by atoms with van der Waals surface area (Å²) in [5.41, 5.74) is -2.44. The maximum atomic E-state index is 13.9. The van der Waals surface area contributed by atoms with Crippen LogP contribution >= 0.6 is 12.2 Å². The second-order valence-corrected chi connectivity index (χ2v) is 5.88. The molecular formula is C13H13F4N3OS. The maximum Gasteiger partial charge on any atom is 0.419 e. The molecule has 2 N–H and O–H groups in total. The van der Waals surface area contributed by atoms with Crippen LogP contribution in [0.4, 0.5) is 28.0 Å². The van der Waals surface area contributed by atoms with Crippen molar-refractivity contribution in [3.8, 4) is 0 Å². The average Bonchev–Trinajstić information content (AvgIpc) is 2.64. The van der Waals surface area contributed by atoms with Crippen molar-refractivity contribution in [2.24, 2.45) is 0 Å². The minimum atomic E-state index is -4.84. The molecule has 2 amide bonds. The van der Waals surface area contributed by atoms with E-state index in [2.05, 4.69) is 10.6 Å². The number of nitrogens with zero attached hydrogens (tertiary/aromatic N) is 1. The minimum absolute atomic E-state index is 0.134. The predicted octanol–water partition coefficient (Wildman–Crippen LogP) is 3.35. The summed E-state index contributed by atoms with van der Waals surface area (Å²) < 4.78 is 51.8. The third-order valence-electron chi connectivity index (χ3n) is 3.03. The van der Waals surface area contributed by atoms with Gasteiger partial charge in [0.05, 0.1) is 23.3 Å². The number of benzene rings is 1. The molecule has 9 heteroatoms. The second-order valence-electron chi connectivity index (χ2n) is 5.50. The molecule has 1 aromatic carbocycles. The Balaban J connectivity index is 2.22. The lowest BCUT2D eigenvalue weighted by atomic mass is 10.1. The van der Waals surface area contributed by atoms with Crippen LogP contribution in [0.5, 0.6) is 0 Å². The number of urea groups is 1. The van der Waals surface area contributed by atoms with Crippen LogP contribution < -0.4 is 10.6 Å². The van der Waals surface area contributed by atoms with Gasteiger partial charge in [0, 0.05) is 0 Å². The van der Waals surface area contributed by atoms with Crippen LogP contribution in [0.2, 0.25) is 0 Å². The van der Waals surface area contributed by atoms with E-state index in [-0.39, 0.29) is 11.7 Å². The number of rotatable bonds is 1. The van der Waals surface area contributed by atoms with Crippen LogP contribution in [0.15, 0.2) is 18.2 Å². The number of nitrogens with one attached hydrogen (secondary N) is 2. The Kier molecular flexibility index (Phi) is 4.03. The van der Waals surface area contributed by atoms with Crippen LogP contribution in [0.25, 0.3) is 0 Å². The summed E-state index contributed by atoms with van der Waals surface area (Å²) in [5.74, 6) is -1.53. The normalized spacial score (nSPS) is 17.4. The van der Waals surface area contributed by atoms with E-state index in [9.17, 15) is 22.4 Å². The van der Waals surface area contributed by atoms with E-state index < -0.39 is 34.8 Å². The lowest BCUT2D eigenvalue weighted by molar-refractivity contribution is -0.139. The summed E-state index contributed by atoms with van der Waals surface area (Å²) in [5, 5.41) is 5.13. The van der Waals surface area contributed by atoms with Crippen molar-refractivity contribution >= 4 is 29.0 Å². The Hall–Kier alpha value is -1.90. The molecule has 0 aromatic heterocycles. The number of alkyl halides is 3. The highest BCUT2D eigenvalue weighted by Crippen LogP contribution is 2.34. The third kappa shape index (κ3) is 3.29. The third-order valence-corrected chi connectivity index (χ3v) is 3.36. The largest absolute Gasteiger partial charge is 0.419 e. The Morgan fingerprint density at radius 1 is 1.41 bits per heavy atom. The summed E-state index contributed by atoms with van der Waals surface area (Å²) >= 11 is 4.98. The second kappa shape index (κ2) is 5.38. The van der Waals surface area contributed by atoms with Gasteiger partial charge in [0.15, 0.2) is 10.9 Å². The molecule has 120 valence electrons. The van der Waals surface area contributed by atoms with Crippen LogP contribution in [-0.2, 0) is 6.18 Å². The maximum absolute atomic E-state index is 13.9. The van der Waals surface area contributed by atoms with E-state index in [1.807, 2.05) is 0 Å². The summed E-state index contributed by atoms with van der Waals surface area (Å²) in [7, 11) is 0. The summed E-state index contributed by atoms with van der Waals surface area (Å²) in [4.78, 5) is 13.2. The van der Waals surface area contributed by atoms with E-state index in [4.69, 9.17) is 12.2 Å². The number of thiocarbonyl (C=S) groups is 1. The molecular weight excluding hydrogens is 322 g/mol. The van der Waals surface area contributed by atoms with Gasteiger partial charge in [-0.2, -0.15) is 13.2 Å². The Labute approximate surface area is 129 Å². The number of hydrogen-bond acceptors (Lipinski definition) is 2. The molecule has 0 radical (unpaired) electrons. The standard InChI is InChI=1S/C13H13F4N3OS/c1-12(2)6-20(11(22)19-12)10(21)18-8-5-3-4-7(9(8)14)13(15,16)17/h3-5H,6H2,1-2H3,(H,18,21)(H,19,22). The SMILES string of the molecule is CC1(C)CN(C(=O)Nc2cccc(C(F)(F)F)c2F)C(=S)N1. The fourth-order valence-electron chi connectivity index (χ4n) is 2.06. The molecule has 0 saturated carbocycles. The predicted molar refractivity (Wildman–Crippen MR) is 76.9 cm³/mol. The highest BCUT2D eigenvalue weighted by atomic mass is 32.1. The van der Waals surface area contributed by atoms with Gasteiger partial charge in [0.1, 0.15) is 0 Å². The molecule has 22 heavy (non-hydrogen) atoms. The first-order chi connectivity index (χ1) is 10.0. The van der Waals surface area contributed by atoms with Crippen LogP contribution in [0, 0.1) is 5.82 Å². The fourth-order valence-corrected chi connectivity index (χ4v) is 2.48. The molecule has 0 atom stereocenters. The van der Waals surface area contributed by atoms with Gasteiger partial charge in [-0.05, 0) is 38.2 Å². The first-order valence-corrected chi connectivity index (χ1v) is 6.68. The number of hydrogen-bond donors (Lipinski definition) is 2. The molecule has 1 aromatic rings. The molecule has 1 fully saturated rings. The van der Waals surface area contributed by atoms with Crippen LogP contribution in [-0.4, -0.2) is 28.1 Å². The zero-order valence-electron chi connectivity index (χ0n) is 11.7. The quantitative estimate of drug-likeness (QED) is 0.611. The van der Waals surface area contributed by atoms with Crippen molar-refractivity contribution in [3.05, 3.63) is 29.6 Å². The first-order valence-electron chi connectivity index (χ1n) is 6.28. The van der Waals surface area contributed by atoms with Crippen LogP contribution in [0.1, 0.15) is 19.4 Å². The van der Waals surface area contributed by atoms with E-state index in [1.54, 1.807) is 13.8 Å². The molecule has 0 bridgehead atoms. The van der Waals surface area contributed by atoms with E-state index in [1.165, 1.54) is 0 Å². The number of carbonyl (C=O) groups excluding carboxylic acids is 1. The van der Waals surface area contributed by atoms with Gasteiger partial charge in [-0.3, -0.25) is 4.90 Å². The van der Waals surface area contributed by atoms with Crippen molar-refractivity contribution in [2.45, 2.75) is 25.6 Å². The molecule has 1 aliphatic heterocycles. The van der Waals surface area contributed by atoms with Crippen molar-refractivity contribution in [1.82, 2.24) is 10.2 Å². The minimum Gasteiger partial charge on any atom is -0.355 e. The highest BCUT2D eigenvalue weighted by Gasteiger charge is 2.37. The molecule has 0 spiro atoms. The molecule has 1 heterocycles. The van der Waals surface area contributed by atoms with Crippen molar-refractivity contribution < 1.29 is 22.4 Å². The zero-order valence-corrected chi connectivity index (χ0v) is 12.5. The monoisotopic (exact) mass is 335 g/mol. The van der Waals surface area contributed by atoms with Gasteiger partial charge in [0.25, 0.3) is 0 Å². The smallest absolute Gasteiger partial charge is 0.355 e. The average molecular weight is 335 g/mol. The number of amides is 2.